The summed E-state index contributed by atoms with van der Waals surface area (Å²) in [5, 5.41) is 9.91. The molecule has 0 amide bonds. The second kappa shape index (κ2) is 4.11. The summed E-state index contributed by atoms with van der Waals surface area (Å²) in [6, 6.07) is 1.86. The zero-order valence-corrected chi connectivity index (χ0v) is 10.8. The van der Waals surface area contributed by atoms with Crippen molar-refractivity contribution in [2.24, 2.45) is 0 Å². The monoisotopic (exact) mass is 227 g/mol. The van der Waals surface area contributed by atoms with Crippen LogP contribution >= 0.6 is 0 Å². The van der Waals surface area contributed by atoms with Gasteiger partial charge in [-0.05, 0) is 41.5 Å². The van der Waals surface area contributed by atoms with Gasteiger partial charge in [-0.1, -0.05) is 0 Å². The molecule has 0 unspecified atom stereocenters. The predicted octanol–water partition coefficient (Wildman–Crippen LogP) is 2.79. The van der Waals surface area contributed by atoms with Gasteiger partial charge in [0.05, 0.1) is 5.60 Å². The molecule has 0 bridgehead atoms. The van der Waals surface area contributed by atoms with Crippen LogP contribution in [0.4, 0.5) is 5.69 Å². The molecule has 1 heterocycles. The second-order valence-electron chi connectivity index (χ2n) is 5.10. The molecule has 1 aromatic heterocycles. The van der Waals surface area contributed by atoms with E-state index in [-0.39, 0.29) is 0 Å². The fourth-order valence-electron chi connectivity index (χ4n) is 1.04. The van der Waals surface area contributed by atoms with Crippen LogP contribution in [0.15, 0.2) is 10.5 Å². The highest BCUT2D eigenvalue weighted by atomic mass is 16.7. The SMILES string of the molecule is Cc1cc(NOC(C)(C)C(C)(C)O)c(C)o1. The molecule has 2 N–H and O–H groups in total. The maximum absolute atomic E-state index is 9.91. The summed E-state index contributed by atoms with van der Waals surface area (Å²) in [7, 11) is 0. The van der Waals surface area contributed by atoms with Crippen molar-refractivity contribution in [3.05, 3.63) is 17.6 Å². The molecule has 0 radical (unpaired) electrons. The maximum atomic E-state index is 9.91. The van der Waals surface area contributed by atoms with Gasteiger partial charge in [-0.15, -0.1) is 0 Å². The van der Waals surface area contributed by atoms with Crippen molar-refractivity contribution in [1.82, 2.24) is 0 Å². The first-order valence-corrected chi connectivity index (χ1v) is 5.37. The summed E-state index contributed by atoms with van der Waals surface area (Å²) < 4.78 is 5.36. The molecule has 0 aliphatic carbocycles. The molecular formula is C12H21NO3. The largest absolute Gasteiger partial charge is 0.464 e. The molecule has 1 rings (SSSR count). The summed E-state index contributed by atoms with van der Waals surface area (Å²) in [4.78, 5) is 5.51. The number of furan rings is 1. The first-order chi connectivity index (χ1) is 7.13. The molecule has 0 aliphatic heterocycles. The highest BCUT2D eigenvalue weighted by Crippen LogP contribution is 2.27. The van der Waals surface area contributed by atoms with Gasteiger partial charge in [0, 0.05) is 6.07 Å². The number of hydrogen-bond acceptors (Lipinski definition) is 4. The van der Waals surface area contributed by atoms with Gasteiger partial charge in [0.15, 0.2) is 0 Å². The van der Waals surface area contributed by atoms with Crippen molar-refractivity contribution in [1.29, 1.82) is 0 Å². The number of rotatable bonds is 4. The highest BCUT2D eigenvalue weighted by Gasteiger charge is 2.37. The van der Waals surface area contributed by atoms with E-state index in [2.05, 4.69) is 5.48 Å². The highest BCUT2D eigenvalue weighted by molar-refractivity contribution is 5.45. The van der Waals surface area contributed by atoms with E-state index in [1.165, 1.54) is 0 Å². The number of nitrogens with one attached hydrogen (secondary N) is 1. The molecule has 0 saturated carbocycles. The minimum absolute atomic E-state index is 0.704. The van der Waals surface area contributed by atoms with E-state index in [1.807, 2.05) is 33.8 Å². The molecule has 4 nitrogen and oxygen atoms in total. The summed E-state index contributed by atoms with van der Waals surface area (Å²) in [6.07, 6.45) is 0. The lowest BCUT2D eigenvalue weighted by Crippen LogP contribution is -2.48. The molecule has 0 aliphatic rings. The van der Waals surface area contributed by atoms with Gasteiger partial charge >= 0.3 is 0 Å². The first kappa shape index (κ1) is 13.1. The van der Waals surface area contributed by atoms with Crippen LogP contribution in [0.3, 0.4) is 0 Å². The molecule has 0 atom stereocenters. The topological polar surface area (TPSA) is 54.6 Å². The third kappa shape index (κ3) is 2.77. The van der Waals surface area contributed by atoms with Gasteiger partial charge < -0.3 is 9.52 Å². The second-order valence-corrected chi connectivity index (χ2v) is 5.10. The van der Waals surface area contributed by atoms with Crippen LogP contribution in [0.5, 0.6) is 0 Å². The Morgan fingerprint density at radius 3 is 2.19 bits per heavy atom. The van der Waals surface area contributed by atoms with Gasteiger partial charge in [-0.2, -0.15) is 0 Å². The zero-order chi connectivity index (χ0) is 12.6. The fourth-order valence-corrected chi connectivity index (χ4v) is 1.04. The molecule has 4 heteroatoms. The minimum Gasteiger partial charge on any atom is -0.464 e. The lowest BCUT2D eigenvalue weighted by molar-refractivity contribution is -0.130. The van der Waals surface area contributed by atoms with E-state index in [4.69, 9.17) is 9.25 Å². The Bertz CT molecular complexity index is 361. The van der Waals surface area contributed by atoms with Crippen LogP contribution in [0.25, 0.3) is 0 Å². The van der Waals surface area contributed by atoms with Crippen molar-refractivity contribution in [2.75, 3.05) is 5.48 Å². The summed E-state index contributed by atoms with van der Waals surface area (Å²) in [5.74, 6) is 1.59. The Balaban J connectivity index is 2.68. The molecule has 0 fully saturated rings. The van der Waals surface area contributed by atoms with Crippen molar-refractivity contribution >= 4 is 5.69 Å². The van der Waals surface area contributed by atoms with Crippen LogP contribution in [-0.2, 0) is 4.84 Å². The molecular weight excluding hydrogens is 206 g/mol. The molecule has 0 saturated heterocycles. The smallest absolute Gasteiger partial charge is 0.126 e. The van der Waals surface area contributed by atoms with Crippen LogP contribution in [0.2, 0.25) is 0 Å². The maximum Gasteiger partial charge on any atom is 0.126 e. The Kier molecular flexibility index (Phi) is 3.35. The molecule has 16 heavy (non-hydrogen) atoms. The minimum atomic E-state index is -0.938. The quantitative estimate of drug-likeness (QED) is 0.777. The standard InChI is InChI=1S/C12H21NO3/c1-8-7-10(9(2)15-8)13-16-12(5,6)11(3,4)14/h7,13-14H,1-6H3. The van der Waals surface area contributed by atoms with E-state index in [1.54, 1.807) is 13.8 Å². The van der Waals surface area contributed by atoms with Gasteiger partial charge in [0.2, 0.25) is 0 Å². The zero-order valence-electron chi connectivity index (χ0n) is 10.8. The number of aryl methyl sites for hydroxylation is 2. The van der Waals surface area contributed by atoms with E-state index in [0.29, 0.717) is 0 Å². The lowest BCUT2D eigenvalue weighted by atomic mass is 9.90. The third-order valence-corrected chi connectivity index (χ3v) is 2.93. The van der Waals surface area contributed by atoms with E-state index >= 15 is 0 Å². The van der Waals surface area contributed by atoms with Crippen molar-refractivity contribution in [3.63, 3.8) is 0 Å². The molecule has 92 valence electrons. The Morgan fingerprint density at radius 1 is 1.25 bits per heavy atom. The average Bonchev–Trinajstić information content (AvgIpc) is 2.39. The number of aliphatic hydroxyl groups is 1. The third-order valence-electron chi connectivity index (χ3n) is 2.93. The first-order valence-electron chi connectivity index (χ1n) is 5.37. The van der Waals surface area contributed by atoms with Gasteiger partial charge in [-0.3, -0.25) is 10.3 Å². The van der Waals surface area contributed by atoms with Crippen LogP contribution < -0.4 is 5.48 Å². The lowest BCUT2D eigenvalue weighted by Gasteiger charge is -2.36. The Morgan fingerprint density at radius 2 is 1.81 bits per heavy atom. The van der Waals surface area contributed by atoms with E-state index in [9.17, 15) is 5.11 Å². The van der Waals surface area contributed by atoms with Crippen molar-refractivity contribution in [2.45, 2.75) is 52.7 Å². The van der Waals surface area contributed by atoms with Gasteiger partial charge in [0.1, 0.15) is 22.8 Å². The van der Waals surface area contributed by atoms with Crippen LogP contribution in [0.1, 0.15) is 39.2 Å². The number of hydrogen-bond donors (Lipinski definition) is 2. The van der Waals surface area contributed by atoms with Gasteiger partial charge in [0.25, 0.3) is 0 Å². The summed E-state index contributed by atoms with van der Waals surface area (Å²) in [6.45, 7) is 10.8. The molecule has 1 aromatic rings. The normalized spacial score (nSPS) is 12.9. The molecule has 0 spiro atoms. The van der Waals surface area contributed by atoms with E-state index < -0.39 is 11.2 Å². The van der Waals surface area contributed by atoms with E-state index in [0.717, 1.165) is 17.2 Å². The number of anilines is 1. The van der Waals surface area contributed by atoms with Gasteiger partial charge in [-0.25, -0.2) is 0 Å². The predicted molar refractivity (Wildman–Crippen MR) is 63.3 cm³/mol. The Labute approximate surface area is 96.6 Å². The van der Waals surface area contributed by atoms with Crippen LogP contribution in [-0.4, -0.2) is 16.3 Å². The van der Waals surface area contributed by atoms with Crippen LogP contribution in [0, 0.1) is 13.8 Å². The fraction of sp³-hybridized carbons (Fsp3) is 0.667. The Hall–Kier alpha value is -1.00. The van der Waals surface area contributed by atoms with Crippen molar-refractivity contribution < 1.29 is 14.4 Å². The average molecular weight is 227 g/mol. The summed E-state index contributed by atoms with van der Waals surface area (Å²) >= 11 is 0. The molecule has 0 aromatic carbocycles. The summed E-state index contributed by atoms with van der Waals surface area (Å²) in [5.41, 5.74) is 1.97. The van der Waals surface area contributed by atoms with Crippen molar-refractivity contribution in [3.8, 4) is 0 Å².